The quantitative estimate of drug-likeness (QED) is 0.535. The van der Waals surface area contributed by atoms with Gasteiger partial charge in [0.05, 0.1) is 0 Å². The van der Waals surface area contributed by atoms with Crippen LogP contribution in [-0.4, -0.2) is 12.5 Å². The highest BCUT2D eigenvalue weighted by atomic mass is 32.2. The molecular weight excluding hydrogens is 292 g/mol. The second-order valence-electron chi connectivity index (χ2n) is 6.25. The molecule has 2 aromatic rings. The number of benzene rings is 2. The van der Waals surface area contributed by atoms with E-state index in [9.17, 15) is 0 Å². The number of rotatable bonds is 5. The molecule has 2 aromatic carbocycles. The van der Waals surface area contributed by atoms with Gasteiger partial charge in [0.1, 0.15) is 11.5 Å². The van der Waals surface area contributed by atoms with E-state index < -0.39 is 0 Å². The first-order valence-corrected chi connectivity index (χ1v) is 8.69. The van der Waals surface area contributed by atoms with Crippen LogP contribution in [0.15, 0.2) is 53.4 Å². The second-order valence-corrected chi connectivity index (χ2v) is 7.13. The van der Waals surface area contributed by atoms with Gasteiger partial charge < -0.3 is 9.47 Å². The molecule has 2 nitrogen and oxygen atoms in total. The first kappa shape index (κ1) is 16.8. The van der Waals surface area contributed by atoms with E-state index >= 15 is 0 Å². The third-order valence-corrected chi connectivity index (χ3v) is 4.13. The molecule has 0 radical (unpaired) electrons. The lowest BCUT2D eigenvalue weighted by atomic mass is 9.87. The van der Waals surface area contributed by atoms with Gasteiger partial charge in [-0.1, -0.05) is 32.9 Å². The molecule has 0 aliphatic heterocycles. The number of hydrogen-bond acceptors (Lipinski definition) is 3. The van der Waals surface area contributed by atoms with Crippen molar-refractivity contribution in [1.29, 1.82) is 0 Å². The summed E-state index contributed by atoms with van der Waals surface area (Å²) in [6, 6.07) is 16.2. The third-order valence-electron chi connectivity index (χ3n) is 3.38. The van der Waals surface area contributed by atoms with Crippen molar-refractivity contribution in [3.63, 3.8) is 0 Å². The minimum absolute atomic E-state index is 0.152. The average Bonchev–Trinajstić information content (AvgIpc) is 2.47. The van der Waals surface area contributed by atoms with E-state index in [4.69, 9.17) is 9.47 Å². The molecule has 1 unspecified atom stereocenters. The van der Waals surface area contributed by atoms with Crippen molar-refractivity contribution < 1.29 is 9.47 Å². The Morgan fingerprint density at radius 3 is 1.68 bits per heavy atom. The maximum Gasteiger partial charge on any atom is 0.238 e. The molecule has 0 aromatic heterocycles. The summed E-state index contributed by atoms with van der Waals surface area (Å²) in [5.74, 6) is 1.64. The van der Waals surface area contributed by atoms with Gasteiger partial charge in [-0.3, -0.25) is 0 Å². The largest absolute Gasteiger partial charge is 0.455 e. The van der Waals surface area contributed by atoms with Gasteiger partial charge in [0, 0.05) is 11.8 Å². The van der Waals surface area contributed by atoms with Crippen LogP contribution in [0.1, 0.15) is 33.3 Å². The molecule has 2 rings (SSSR count). The lowest BCUT2D eigenvalue weighted by Gasteiger charge is -2.20. The molecule has 0 N–H and O–H groups in total. The van der Waals surface area contributed by atoms with E-state index in [2.05, 4.69) is 39.2 Å². The molecule has 0 heterocycles. The zero-order chi connectivity index (χ0) is 16.2. The molecule has 0 fully saturated rings. The smallest absolute Gasteiger partial charge is 0.238 e. The van der Waals surface area contributed by atoms with Crippen LogP contribution in [0, 0.1) is 0 Å². The Bertz CT molecular complexity index is 582. The number of thioether (sulfide) groups is 1. The Balaban J connectivity index is 1.95. The molecule has 1 atom stereocenters. The zero-order valence-electron chi connectivity index (χ0n) is 13.9. The number of ether oxygens (including phenoxy) is 2. The van der Waals surface area contributed by atoms with E-state index in [-0.39, 0.29) is 11.7 Å². The van der Waals surface area contributed by atoms with Crippen LogP contribution in [0.5, 0.6) is 11.5 Å². The van der Waals surface area contributed by atoms with E-state index in [0.29, 0.717) is 0 Å². The van der Waals surface area contributed by atoms with E-state index in [1.54, 1.807) is 11.8 Å². The Kier molecular flexibility index (Phi) is 5.41. The first-order valence-electron chi connectivity index (χ1n) is 7.46. The van der Waals surface area contributed by atoms with Crippen LogP contribution < -0.4 is 9.47 Å². The maximum atomic E-state index is 5.82. The highest BCUT2D eigenvalue weighted by molar-refractivity contribution is 7.98. The van der Waals surface area contributed by atoms with Crippen LogP contribution in [0.3, 0.4) is 0 Å². The van der Waals surface area contributed by atoms with Gasteiger partial charge in [0.25, 0.3) is 0 Å². The molecule has 118 valence electrons. The topological polar surface area (TPSA) is 18.5 Å². The highest BCUT2D eigenvalue weighted by Crippen LogP contribution is 2.25. The van der Waals surface area contributed by atoms with Gasteiger partial charge >= 0.3 is 0 Å². The SMILES string of the molecule is CSc1ccc(OC(C)Oc2ccc(C(C)(C)C)cc2)cc1. The predicted molar refractivity (Wildman–Crippen MR) is 94.1 cm³/mol. The van der Waals surface area contributed by atoms with Crippen molar-refractivity contribution in [3.05, 3.63) is 54.1 Å². The van der Waals surface area contributed by atoms with Crippen LogP contribution in [0.25, 0.3) is 0 Å². The summed E-state index contributed by atoms with van der Waals surface area (Å²) in [7, 11) is 0. The lowest BCUT2D eigenvalue weighted by molar-refractivity contribution is 0.0222. The van der Waals surface area contributed by atoms with Gasteiger partial charge in [-0.2, -0.15) is 0 Å². The molecule has 0 aliphatic rings. The fourth-order valence-corrected chi connectivity index (χ4v) is 2.50. The van der Waals surface area contributed by atoms with Gasteiger partial charge in [-0.15, -0.1) is 11.8 Å². The summed E-state index contributed by atoms with van der Waals surface area (Å²) in [6.45, 7) is 8.51. The summed E-state index contributed by atoms with van der Waals surface area (Å²) in [4.78, 5) is 1.22. The zero-order valence-corrected chi connectivity index (χ0v) is 14.7. The fraction of sp³-hybridized carbons (Fsp3) is 0.368. The average molecular weight is 316 g/mol. The summed E-state index contributed by atoms with van der Waals surface area (Å²) >= 11 is 1.72. The monoisotopic (exact) mass is 316 g/mol. The molecule has 0 saturated heterocycles. The summed E-state index contributed by atoms with van der Waals surface area (Å²) in [5, 5.41) is 0. The molecule has 0 saturated carbocycles. The Morgan fingerprint density at radius 2 is 1.27 bits per heavy atom. The van der Waals surface area contributed by atoms with Crippen LogP contribution in [-0.2, 0) is 5.41 Å². The predicted octanol–water partition coefficient (Wildman–Crippen LogP) is 5.51. The van der Waals surface area contributed by atoms with Crippen molar-refractivity contribution in [2.75, 3.05) is 6.26 Å². The molecule has 0 bridgehead atoms. The lowest BCUT2D eigenvalue weighted by Crippen LogP contribution is -2.19. The standard InChI is InChI=1S/C19H24O2S/c1-14(21-17-10-12-18(22-5)13-11-17)20-16-8-6-15(7-9-16)19(2,3)4/h6-14H,1-5H3. The summed E-state index contributed by atoms with van der Waals surface area (Å²) in [6.07, 6.45) is 1.73. The van der Waals surface area contributed by atoms with Crippen LogP contribution >= 0.6 is 11.8 Å². The van der Waals surface area contributed by atoms with E-state index in [1.807, 2.05) is 43.3 Å². The van der Waals surface area contributed by atoms with Gasteiger partial charge in [0.2, 0.25) is 6.29 Å². The second kappa shape index (κ2) is 7.10. The minimum atomic E-state index is -0.333. The van der Waals surface area contributed by atoms with Gasteiger partial charge in [-0.25, -0.2) is 0 Å². The van der Waals surface area contributed by atoms with Crippen molar-refractivity contribution in [2.24, 2.45) is 0 Å². The Labute approximate surface area is 137 Å². The van der Waals surface area contributed by atoms with Crippen molar-refractivity contribution >= 4 is 11.8 Å². The molecule has 22 heavy (non-hydrogen) atoms. The maximum absolute atomic E-state index is 5.82. The Morgan fingerprint density at radius 1 is 0.818 bits per heavy atom. The molecule has 0 amide bonds. The number of hydrogen-bond donors (Lipinski definition) is 0. The van der Waals surface area contributed by atoms with Crippen LogP contribution in [0.4, 0.5) is 0 Å². The molecule has 3 heteroatoms. The van der Waals surface area contributed by atoms with Crippen molar-refractivity contribution in [1.82, 2.24) is 0 Å². The molecular formula is C19H24O2S. The summed E-state index contributed by atoms with van der Waals surface area (Å²) < 4.78 is 11.6. The van der Waals surface area contributed by atoms with Crippen molar-refractivity contribution in [2.45, 2.75) is 44.3 Å². The minimum Gasteiger partial charge on any atom is -0.455 e. The van der Waals surface area contributed by atoms with Gasteiger partial charge in [0.15, 0.2) is 0 Å². The molecule has 0 spiro atoms. The molecule has 0 aliphatic carbocycles. The highest BCUT2D eigenvalue weighted by Gasteiger charge is 2.13. The fourth-order valence-electron chi connectivity index (χ4n) is 2.10. The van der Waals surface area contributed by atoms with E-state index in [0.717, 1.165) is 11.5 Å². The third kappa shape index (κ3) is 4.70. The first-order chi connectivity index (χ1) is 10.4. The van der Waals surface area contributed by atoms with Crippen molar-refractivity contribution in [3.8, 4) is 11.5 Å². The Hall–Kier alpha value is -1.61. The van der Waals surface area contributed by atoms with Crippen LogP contribution in [0.2, 0.25) is 0 Å². The van der Waals surface area contributed by atoms with E-state index in [1.165, 1.54) is 10.5 Å². The summed E-state index contributed by atoms with van der Waals surface area (Å²) in [5.41, 5.74) is 1.45. The van der Waals surface area contributed by atoms with Gasteiger partial charge in [-0.05, 0) is 53.6 Å². The normalized spacial score (nSPS) is 12.8.